The first-order valence-electron chi connectivity index (χ1n) is 18.8. The molecule has 11 nitrogen and oxygen atoms in total. The number of rotatable bonds is 14. The lowest BCUT2D eigenvalue weighted by molar-refractivity contribution is -0.182. The minimum Gasteiger partial charge on any atom is -0.496 e. The third-order valence-electron chi connectivity index (χ3n) is 11.1. The van der Waals surface area contributed by atoms with Gasteiger partial charge in [-0.15, -0.1) is 0 Å². The number of benzene rings is 3. The average molecular weight is 730 g/mol. The molecule has 5 rings (SSSR count). The fraction of sp³-hybridized carbons (Fsp3) is 0.524. The van der Waals surface area contributed by atoms with Gasteiger partial charge in [0.2, 0.25) is 5.91 Å². The molecule has 2 aliphatic rings. The van der Waals surface area contributed by atoms with Crippen molar-refractivity contribution >= 4 is 17.5 Å². The van der Waals surface area contributed by atoms with Crippen LogP contribution >= 0.6 is 0 Å². The summed E-state index contributed by atoms with van der Waals surface area (Å²) in [5, 5.41) is 29.3. The van der Waals surface area contributed by atoms with Crippen LogP contribution in [0.5, 0.6) is 5.75 Å². The van der Waals surface area contributed by atoms with Crippen LogP contribution in [0.1, 0.15) is 67.6 Å². The van der Waals surface area contributed by atoms with Crippen LogP contribution in [0.4, 0.5) is 5.69 Å². The van der Waals surface area contributed by atoms with E-state index < -0.39 is 24.2 Å². The van der Waals surface area contributed by atoms with Crippen LogP contribution < -0.4 is 20.3 Å². The number of carbonyl (C=O) groups excluding carboxylic acids is 2. The van der Waals surface area contributed by atoms with Crippen molar-refractivity contribution in [1.29, 1.82) is 0 Å². The van der Waals surface area contributed by atoms with Gasteiger partial charge in [-0.1, -0.05) is 75.2 Å². The van der Waals surface area contributed by atoms with Crippen molar-refractivity contribution in [1.82, 2.24) is 20.6 Å². The molecule has 2 fully saturated rings. The van der Waals surface area contributed by atoms with Gasteiger partial charge in [0.1, 0.15) is 17.9 Å². The summed E-state index contributed by atoms with van der Waals surface area (Å²) in [7, 11) is 9.45. The first kappa shape index (κ1) is 40.2. The monoisotopic (exact) mass is 729 g/mol. The first-order valence-corrected chi connectivity index (χ1v) is 18.8. The molecular formula is C42H59N5O6. The summed E-state index contributed by atoms with van der Waals surface area (Å²) in [5.74, 6) is 0.335. The molecule has 1 aliphatic heterocycles. The van der Waals surface area contributed by atoms with Crippen LogP contribution in [0.3, 0.4) is 0 Å². The molecule has 3 aromatic carbocycles. The number of hydrogen-bond donors (Lipinski definition) is 4. The Bertz CT molecular complexity index is 1680. The molecule has 0 unspecified atom stereocenters. The Kier molecular flexibility index (Phi) is 13.6. The number of hydroxylamine groups is 2. The smallest absolute Gasteiger partial charge is 0.251 e. The molecule has 3 aromatic rings. The van der Waals surface area contributed by atoms with E-state index in [2.05, 4.69) is 29.4 Å². The Balaban J connectivity index is 1.47. The van der Waals surface area contributed by atoms with Gasteiger partial charge in [-0.05, 0) is 68.6 Å². The van der Waals surface area contributed by atoms with Crippen LogP contribution in [0.2, 0.25) is 0 Å². The lowest BCUT2D eigenvalue weighted by atomic mass is 9.77. The summed E-state index contributed by atoms with van der Waals surface area (Å²) in [5.41, 5.74) is 4.69. The van der Waals surface area contributed by atoms with Gasteiger partial charge in [-0.2, -0.15) is 5.06 Å². The molecule has 1 saturated carbocycles. The Morgan fingerprint density at radius 3 is 2.40 bits per heavy atom. The average Bonchev–Trinajstić information content (AvgIpc) is 3.51. The summed E-state index contributed by atoms with van der Waals surface area (Å²) >= 11 is 0. The van der Waals surface area contributed by atoms with E-state index in [4.69, 9.17) is 9.57 Å². The topological polar surface area (TPSA) is 127 Å². The molecule has 11 heteroatoms. The zero-order chi connectivity index (χ0) is 38.4. The molecule has 1 aliphatic carbocycles. The fourth-order valence-electron chi connectivity index (χ4n) is 7.96. The highest BCUT2D eigenvalue weighted by Crippen LogP contribution is 2.39. The maximum atomic E-state index is 14.1. The Morgan fingerprint density at radius 1 is 1.02 bits per heavy atom. The van der Waals surface area contributed by atoms with E-state index in [1.807, 2.05) is 99.8 Å². The summed E-state index contributed by atoms with van der Waals surface area (Å²) in [4.78, 5) is 38.3. The van der Waals surface area contributed by atoms with Gasteiger partial charge in [-0.25, -0.2) is 0 Å². The van der Waals surface area contributed by atoms with E-state index in [0.717, 1.165) is 47.2 Å². The molecule has 1 saturated heterocycles. The third kappa shape index (κ3) is 9.39. The molecule has 0 radical (unpaired) electrons. The number of ether oxygens (including phenoxy) is 1. The van der Waals surface area contributed by atoms with Crippen molar-refractivity contribution in [2.45, 2.75) is 76.9 Å². The number of nitrogens with one attached hydrogen (secondary N) is 2. The molecule has 1 heterocycles. The molecular weight excluding hydrogens is 670 g/mol. The number of nitrogens with zero attached hydrogens (tertiary/aromatic N) is 3. The second-order valence-electron chi connectivity index (χ2n) is 15.4. The SMILES string of the molecule is COc1c(CN2O[C@@H](CO)[C@@H]([C@H](C)O)[C@H]2C(=O)N[C@H]2CCC[C@@H](C)[C@@H]2C)cccc1-c1cc(C(=O)N[C@H](CN(C)C)c2ccccc2)cc(N(C)C)c1. The number of aliphatic hydroxyl groups is 2. The lowest BCUT2D eigenvalue weighted by Crippen LogP contribution is -2.53. The van der Waals surface area contributed by atoms with E-state index in [0.29, 0.717) is 29.7 Å². The highest BCUT2D eigenvalue weighted by Gasteiger charge is 2.50. The fourth-order valence-corrected chi connectivity index (χ4v) is 7.96. The minimum atomic E-state index is -0.901. The number of carbonyl (C=O) groups is 2. The Morgan fingerprint density at radius 2 is 1.75 bits per heavy atom. The number of amides is 2. The summed E-state index contributed by atoms with van der Waals surface area (Å²) in [6, 6.07) is 20.5. The predicted molar refractivity (Wildman–Crippen MR) is 209 cm³/mol. The van der Waals surface area contributed by atoms with Crippen molar-refractivity contribution in [3.63, 3.8) is 0 Å². The predicted octanol–water partition coefficient (Wildman–Crippen LogP) is 4.88. The normalized spacial score (nSPS) is 24.4. The van der Waals surface area contributed by atoms with E-state index in [1.165, 1.54) is 0 Å². The third-order valence-corrected chi connectivity index (χ3v) is 11.1. The van der Waals surface area contributed by atoms with Crippen LogP contribution in [0.15, 0.2) is 66.7 Å². The molecule has 8 atom stereocenters. The van der Waals surface area contributed by atoms with Gasteiger partial charge >= 0.3 is 0 Å². The van der Waals surface area contributed by atoms with E-state index in [1.54, 1.807) is 19.1 Å². The van der Waals surface area contributed by atoms with Crippen LogP contribution in [0, 0.1) is 17.8 Å². The summed E-state index contributed by atoms with van der Waals surface area (Å²) < 4.78 is 6.08. The maximum Gasteiger partial charge on any atom is 0.251 e. The van der Waals surface area contributed by atoms with Crippen LogP contribution in [0.25, 0.3) is 11.1 Å². The van der Waals surface area contributed by atoms with Gasteiger partial charge in [-0.3, -0.25) is 14.4 Å². The summed E-state index contributed by atoms with van der Waals surface area (Å²) in [6.07, 6.45) is 1.43. The number of aliphatic hydroxyl groups excluding tert-OH is 2. The Hall–Kier alpha value is -4.00. The highest BCUT2D eigenvalue weighted by molar-refractivity contribution is 5.97. The van der Waals surface area contributed by atoms with Crippen molar-refractivity contribution in [2.24, 2.45) is 17.8 Å². The molecule has 2 amide bonds. The molecule has 0 bridgehead atoms. The number of hydrogen-bond acceptors (Lipinski definition) is 9. The van der Waals surface area contributed by atoms with Crippen molar-refractivity contribution in [3.05, 3.63) is 83.4 Å². The van der Waals surface area contributed by atoms with Gasteiger partial charge in [0.25, 0.3) is 5.91 Å². The van der Waals surface area contributed by atoms with Gasteiger partial charge in [0, 0.05) is 55.0 Å². The highest BCUT2D eigenvalue weighted by atomic mass is 16.7. The first-order chi connectivity index (χ1) is 25.3. The number of likely N-dealkylation sites (N-methyl/N-ethyl adjacent to an activating group) is 1. The largest absolute Gasteiger partial charge is 0.496 e. The zero-order valence-electron chi connectivity index (χ0n) is 32.6. The summed E-state index contributed by atoms with van der Waals surface area (Å²) in [6.45, 7) is 6.50. The molecule has 4 N–H and O–H groups in total. The molecule has 0 spiro atoms. The van der Waals surface area contributed by atoms with Crippen LogP contribution in [-0.2, 0) is 16.2 Å². The van der Waals surface area contributed by atoms with E-state index in [9.17, 15) is 19.8 Å². The zero-order valence-corrected chi connectivity index (χ0v) is 32.6. The van der Waals surface area contributed by atoms with Crippen molar-refractivity contribution < 1.29 is 29.4 Å². The van der Waals surface area contributed by atoms with Gasteiger partial charge in [0.05, 0.1) is 32.4 Å². The van der Waals surface area contributed by atoms with Crippen LogP contribution in [-0.4, -0.2) is 105 Å². The van der Waals surface area contributed by atoms with E-state index in [-0.39, 0.29) is 37.0 Å². The molecule has 288 valence electrons. The maximum absolute atomic E-state index is 14.1. The second kappa shape index (κ2) is 17.9. The van der Waals surface area contributed by atoms with Gasteiger partial charge < -0.3 is 35.4 Å². The van der Waals surface area contributed by atoms with Gasteiger partial charge in [0.15, 0.2) is 0 Å². The quantitative estimate of drug-likeness (QED) is 0.184. The Labute approximate surface area is 315 Å². The van der Waals surface area contributed by atoms with Crippen molar-refractivity contribution in [2.75, 3.05) is 53.4 Å². The number of anilines is 1. The second-order valence-corrected chi connectivity index (χ2v) is 15.4. The standard InChI is InChI=1S/C42H59N5O6/c1-26-14-12-19-35(27(26)2)43-42(51)39-38(28(3)49)37(25-48)53-47(39)23-30-17-13-18-34(40(30)52-8)31-20-32(22-33(21-31)46(6)7)41(50)44-36(24-45(4)5)29-15-10-9-11-16-29/h9-11,13,15-18,20-22,26-28,35-39,48-49H,12,14,19,23-25H2,1-8H3,(H,43,51)(H,44,50)/t26-,27+,28+,35+,36-,37+,38-,39+/m1/s1. The number of methoxy groups -OCH3 is 1. The van der Waals surface area contributed by atoms with E-state index >= 15 is 0 Å². The minimum absolute atomic E-state index is 0.0232. The lowest BCUT2D eigenvalue weighted by Gasteiger charge is -2.36. The molecule has 53 heavy (non-hydrogen) atoms. The number of para-hydroxylation sites is 1. The van der Waals surface area contributed by atoms with Crippen molar-refractivity contribution in [3.8, 4) is 16.9 Å². The molecule has 0 aromatic heterocycles.